The highest BCUT2D eigenvalue weighted by molar-refractivity contribution is 5.76. The van der Waals surface area contributed by atoms with Crippen molar-refractivity contribution in [1.29, 1.82) is 0 Å². The summed E-state index contributed by atoms with van der Waals surface area (Å²) in [5, 5.41) is 5.79. The van der Waals surface area contributed by atoms with Gasteiger partial charge in [-0.05, 0) is 32.0 Å². The van der Waals surface area contributed by atoms with E-state index in [-0.39, 0.29) is 11.8 Å². The van der Waals surface area contributed by atoms with Gasteiger partial charge in [-0.25, -0.2) is 8.78 Å². The number of carbonyl (C=O) groups is 1. The molecule has 0 fully saturated rings. The molecule has 2 N–H and O–H groups in total. The number of benzene rings is 1. The molecule has 0 saturated heterocycles. The number of hydrogen-bond donors (Lipinski definition) is 2. The van der Waals surface area contributed by atoms with Crippen LogP contribution < -0.4 is 10.6 Å². The van der Waals surface area contributed by atoms with Crippen LogP contribution in [0.3, 0.4) is 0 Å². The molecule has 1 aromatic carbocycles. The third-order valence-corrected chi connectivity index (χ3v) is 3.11. The molecule has 0 bridgehead atoms. The molecule has 0 aliphatic heterocycles. The molecule has 0 aliphatic rings. The van der Waals surface area contributed by atoms with Gasteiger partial charge in [0.25, 0.3) is 0 Å². The molecule has 5 heteroatoms. The van der Waals surface area contributed by atoms with Crippen LogP contribution in [-0.2, 0) is 4.79 Å². The maximum Gasteiger partial charge on any atom is 0.220 e. The Kier molecular flexibility index (Phi) is 6.58. The third-order valence-electron chi connectivity index (χ3n) is 3.11. The molecule has 0 heterocycles. The van der Waals surface area contributed by atoms with Crippen molar-refractivity contribution in [3.63, 3.8) is 0 Å². The highest BCUT2D eigenvalue weighted by Crippen LogP contribution is 2.25. The van der Waals surface area contributed by atoms with Gasteiger partial charge < -0.3 is 10.6 Å². The molecule has 3 nitrogen and oxygen atoms in total. The third kappa shape index (κ3) is 4.89. The lowest BCUT2D eigenvalue weighted by atomic mass is 9.95. The summed E-state index contributed by atoms with van der Waals surface area (Å²) in [6, 6.07) is 3.00. The molecule has 112 valence electrons. The van der Waals surface area contributed by atoms with Crippen LogP contribution in [0.5, 0.6) is 0 Å². The fourth-order valence-corrected chi connectivity index (χ4v) is 2.03. The van der Waals surface area contributed by atoms with Gasteiger partial charge >= 0.3 is 0 Å². The predicted molar refractivity (Wildman–Crippen MR) is 75.2 cm³/mol. The van der Waals surface area contributed by atoms with E-state index in [9.17, 15) is 13.6 Å². The zero-order valence-electron chi connectivity index (χ0n) is 12.2. The molecule has 1 amide bonds. The van der Waals surface area contributed by atoms with Crippen LogP contribution in [0.25, 0.3) is 0 Å². The minimum absolute atomic E-state index is 0.0169. The number of carbonyl (C=O) groups excluding carboxylic acids is 1. The Morgan fingerprint density at radius 1 is 1.30 bits per heavy atom. The van der Waals surface area contributed by atoms with Gasteiger partial charge in [-0.1, -0.05) is 19.9 Å². The molecule has 0 saturated carbocycles. The van der Waals surface area contributed by atoms with Crippen LogP contribution >= 0.6 is 0 Å². The minimum atomic E-state index is -0.626. The van der Waals surface area contributed by atoms with Gasteiger partial charge in [0.1, 0.15) is 11.6 Å². The molecule has 1 unspecified atom stereocenters. The zero-order chi connectivity index (χ0) is 15.1. The van der Waals surface area contributed by atoms with E-state index >= 15 is 0 Å². The quantitative estimate of drug-likeness (QED) is 0.756. The smallest absolute Gasteiger partial charge is 0.220 e. The van der Waals surface area contributed by atoms with E-state index in [2.05, 4.69) is 10.6 Å². The second-order valence-corrected chi connectivity index (χ2v) is 5.16. The van der Waals surface area contributed by atoms with Crippen molar-refractivity contribution >= 4 is 5.91 Å². The monoisotopic (exact) mass is 284 g/mol. The number of rotatable bonds is 7. The van der Waals surface area contributed by atoms with E-state index in [1.54, 1.807) is 0 Å². The molecular weight excluding hydrogens is 262 g/mol. The summed E-state index contributed by atoms with van der Waals surface area (Å²) >= 11 is 0. The second kappa shape index (κ2) is 7.94. The van der Waals surface area contributed by atoms with Crippen LogP contribution in [0.4, 0.5) is 8.78 Å². The molecular formula is C15H22F2N2O. The van der Waals surface area contributed by atoms with Crippen molar-refractivity contribution in [1.82, 2.24) is 10.6 Å². The maximum atomic E-state index is 13.8. The standard InChI is InChI=1S/C15H22F2N2O/c1-10(2)15(19-14(20)5-4-8-18-3)12-7-6-11(16)9-13(12)17/h6-7,9-10,15,18H,4-5,8H2,1-3H3,(H,19,20). The minimum Gasteiger partial charge on any atom is -0.349 e. The summed E-state index contributed by atoms with van der Waals surface area (Å²) in [5.74, 6) is -1.35. The van der Waals surface area contributed by atoms with E-state index in [0.717, 1.165) is 19.0 Å². The van der Waals surface area contributed by atoms with E-state index in [1.165, 1.54) is 12.1 Å². The fourth-order valence-electron chi connectivity index (χ4n) is 2.03. The molecule has 0 spiro atoms. The first kappa shape index (κ1) is 16.6. The van der Waals surface area contributed by atoms with Crippen LogP contribution in [0.15, 0.2) is 18.2 Å². The fraction of sp³-hybridized carbons (Fsp3) is 0.533. The number of nitrogens with one attached hydrogen (secondary N) is 2. The van der Waals surface area contributed by atoms with Gasteiger partial charge in [0.2, 0.25) is 5.91 Å². The van der Waals surface area contributed by atoms with Gasteiger partial charge in [0.15, 0.2) is 0 Å². The summed E-state index contributed by atoms with van der Waals surface area (Å²) < 4.78 is 26.8. The lowest BCUT2D eigenvalue weighted by molar-refractivity contribution is -0.122. The summed E-state index contributed by atoms with van der Waals surface area (Å²) in [6.45, 7) is 4.54. The number of hydrogen-bond acceptors (Lipinski definition) is 2. The molecule has 1 aromatic rings. The van der Waals surface area contributed by atoms with Crippen molar-refractivity contribution < 1.29 is 13.6 Å². The van der Waals surface area contributed by atoms with Crippen LogP contribution in [0.2, 0.25) is 0 Å². The zero-order valence-corrected chi connectivity index (χ0v) is 12.2. The van der Waals surface area contributed by atoms with Crippen molar-refractivity contribution in [3.8, 4) is 0 Å². The highest BCUT2D eigenvalue weighted by atomic mass is 19.1. The van der Waals surface area contributed by atoms with Gasteiger partial charge in [0.05, 0.1) is 6.04 Å². The van der Waals surface area contributed by atoms with Crippen molar-refractivity contribution in [2.75, 3.05) is 13.6 Å². The lowest BCUT2D eigenvalue weighted by Crippen LogP contribution is -2.32. The van der Waals surface area contributed by atoms with Gasteiger partial charge in [-0.2, -0.15) is 0 Å². The summed E-state index contributed by atoms with van der Waals surface area (Å²) in [6.07, 6.45) is 1.10. The van der Waals surface area contributed by atoms with Gasteiger partial charge in [0, 0.05) is 18.1 Å². The van der Waals surface area contributed by atoms with Gasteiger partial charge in [-0.3, -0.25) is 4.79 Å². The number of halogens is 2. The first-order chi connectivity index (χ1) is 9.45. The SMILES string of the molecule is CNCCCC(=O)NC(c1ccc(F)cc1F)C(C)C. The summed E-state index contributed by atoms with van der Waals surface area (Å²) in [7, 11) is 1.82. The molecule has 1 atom stereocenters. The normalized spacial score (nSPS) is 12.5. The lowest BCUT2D eigenvalue weighted by Gasteiger charge is -2.23. The van der Waals surface area contributed by atoms with Crippen LogP contribution in [0, 0.1) is 17.6 Å². The summed E-state index contributed by atoms with van der Waals surface area (Å²) in [5.41, 5.74) is 0.323. The molecule has 20 heavy (non-hydrogen) atoms. The average molecular weight is 284 g/mol. The predicted octanol–water partition coefficient (Wildman–Crippen LogP) is 2.78. The Balaban J connectivity index is 2.76. The van der Waals surface area contributed by atoms with Crippen molar-refractivity contribution in [3.05, 3.63) is 35.4 Å². The Bertz CT molecular complexity index is 449. The Morgan fingerprint density at radius 2 is 2.00 bits per heavy atom. The van der Waals surface area contributed by atoms with Crippen molar-refractivity contribution in [2.24, 2.45) is 5.92 Å². The Hall–Kier alpha value is -1.49. The van der Waals surface area contributed by atoms with Gasteiger partial charge in [-0.15, -0.1) is 0 Å². The molecule has 0 aromatic heterocycles. The topological polar surface area (TPSA) is 41.1 Å². The van der Waals surface area contributed by atoms with E-state index in [0.29, 0.717) is 12.0 Å². The summed E-state index contributed by atoms with van der Waals surface area (Å²) in [4.78, 5) is 11.8. The Morgan fingerprint density at radius 3 is 2.55 bits per heavy atom. The largest absolute Gasteiger partial charge is 0.349 e. The highest BCUT2D eigenvalue weighted by Gasteiger charge is 2.21. The first-order valence-corrected chi connectivity index (χ1v) is 6.84. The Labute approximate surface area is 118 Å². The van der Waals surface area contributed by atoms with Crippen LogP contribution in [0.1, 0.15) is 38.3 Å². The van der Waals surface area contributed by atoms with Crippen molar-refractivity contribution in [2.45, 2.75) is 32.7 Å². The van der Waals surface area contributed by atoms with E-state index < -0.39 is 17.7 Å². The van der Waals surface area contributed by atoms with E-state index in [4.69, 9.17) is 0 Å². The number of amides is 1. The second-order valence-electron chi connectivity index (χ2n) is 5.16. The van der Waals surface area contributed by atoms with E-state index in [1.807, 2.05) is 20.9 Å². The molecule has 0 radical (unpaired) electrons. The molecule has 0 aliphatic carbocycles. The first-order valence-electron chi connectivity index (χ1n) is 6.84. The molecule has 1 rings (SSSR count). The maximum absolute atomic E-state index is 13.8. The average Bonchev–Trinajstić information content (AvgIpc) is 2.37. The van der Waals surface area contributed by atoms with Crippen LogP contribution in [-0.4, -0.2) is 19.5 Å².